The van der Waals surface area contributed by atoms with E-state index >= 15 is 0 Å². The number of ether oxygens (including phenoxy) is 1. The van der Waals surface area contributed by atoms with Gasteiger partial charge in [0.1, 0.15) is 11.8 Å². The van der Waals surface area contributed by atoms with E-state index in [0.29, 0.717) is 36.9 Å². The number of amides is 2. The van der Waals surface area contributed by atoms with E-state index in [0.717, 1.165) is 17.4 Å². The molecular formula is C27H39N3O5S. The van der Waals surface area contributed by atoms with Gasteiger partial charge in [0, 0.05) is 32.1 Å². The Bertz CT molecular complexity index is 1130. The maximum absolute atomic E-state index is 13.4. The molecule has 0 bridgehead atoms. The van der Waals surface area contributed by atoms with E-state index in [1.165, 1.54) is 11.4 Å². The van der Waals surface area contributed by atoms with Crippen molar-refractivity contribution >= 4 is 27.5 Å². The van der Waals surface area contributed by atoms with Crippen molar-refractivity contribution in [3.05, 3.63) is 59.7 Å². The summed E-state index contributed by atoms with van der Waals surface area (Å²) in [7, 11) is -2.05. The molecule has 0 aliphatic rings. The quantitative estimate of drug-likeness (QED) is 0.437. The van der Waals surface area contributed by atoms with E-state index in [1.807, 2.05) is 45.0 Å². The van der Waals surface area contributed by atoms with Crippen LogP contribution in [0.5, 0.6) is 5.75 Å². The van der Waals surface area contributed by atoms with Gasteiger partial charge in [0.05, 0.1) is 19.1 Å². The summed E-state index contributed by atoms with van der Waals surface area (Å²) in [6, 6.07) is 13.9. The van der Waals surface area contributed by atoms with Gasteiger partial charge in [0.25, 0.3) is 0 Å². The second kappa shape index (κ2) is 13.3. The third-order valence-corrected chi connectivity index (χ3v) is 7.14. The highest BCUT2D eigenvalue weighted by atomic mass is 32.2. The monoisotopic (exact) mass is 517 g/mol. The minimum absolute atomic E-state index is 0.101. The maximum atomic E-state index is 13.4. The van der Waals surface area contributed by atoms with Crippen LogP contribution >= 0.6 is 0 Å². The fourth-order valence-corrected chi connectivity index (χ4v) is 4.73. The van der Waals surface area contributed by atoms with Crippen LogP contribution in [0.4, 0.5) is 5.69 Å². The van der Waals surface area contributed by atoms with Gasteiger partial charge < -0.3 is 15.0 Å². The van der Waals surface area contributed by atoms with E-state index in [9.17, 15) is 18.0 Å². The van der Waals surface area contributed by atoms with Crippen LogP contribution in [0.25, 0.3) is 0 Å². The predicted octanol–water partition coefficient (Wildman–Crippen LogP) is 3.74. The Labute approximate surface area is 215 Å². The number of hydrogen-bond donors (Lipinski definition) is 1. The molecule has 1 N–H and O–H groups in total. The lowest BCUT2D eigenvalue weighted by atomic mass is 10.1. The molecule has 2 rings (SSSR count). The number of nitrogens with one attached hydrogen (secondary N) is 1. The highest BCUT2D eigenvalue weighted by molar-refractivity contribution is 7.92. The first-order chi connectivity index (χ1) is 16.9. The Kier molecular flexibility index (Phi) is 10.8. The molecule has 0 spiro atoms. The summed E-state index contributed by atoms with van der Waals surface area (Å²) in [6.07, 6.45) is 1.54. The van der Waals surface area contributed by atoms with Gasteiger partial charge in [-0.15, -0.1) is 0 Å². The zero-order chi connectivity index (χ0) is 26.9. The highest BCUT2D eigenvalue weighted by Gasteiger charge is 2.27. The largest absolute Gasteiger partial charge is 0.497 e. The first-order valence-electron chi connectivity index (χ1n) is 12.2. The van der Waals surface area contributed by atoms with E-state index in [-0.39, 0.29) is 24.8 Å². The molecule has 0 fully saturated rings. The van der Waals surface area contributed by atoms with Gasteiger partial charge in [-0.2, -0.15) is 0 Å². The second-order valence-corrected chi connectivity index (χ2v) is 11.3. The Balaban J connectivity index is 2.18. The minimum Gasteiger partial charge on any atom is -0.497 e. The summed E-state index contributed by atoms with van der Waals surface area (Å²) in [5.41, 5.74) is 2.47. The first kappa shape index (κ1) is 29.2. The Morgan fingerprint density at radius 3 is 2.36 bits per heavy atom. The van der Waals surface area contributed by atoms with Crippen molar-refractivity contribution < 1.29 is 22.7 Å². The van der Waals surface area contributed by atoms with Crippen LogP contribution in [0.3, 0.4) is 0 Å². The van der Waals surface area contributed by atoms with E-state index in [1.54, 1.807) is 36.1 Å². The van der Waals surface area contributed by atoms with Gasteiger partial charge in [-0.05, 0) is 49.4 Å². The smallest absolute Gasteiger partial charge is 0.242 e. The number of hydrogen-bond acceptors (Lipinski definition) is 5. The summed E-state index contributed by atoms with van der Waals surface area (Å²) in [5.74, 6) is 0.424. The number of carbonyl (C=O) groups is 2. The Morgan fingerprint density at radius 1 is 1.06 bits per heavy atom. The van der Waals surface area contributed by atoms with Crippen molar-refractivity contribution in [2.75, 3.05) is 30.8 Å². The average molecular weight is 518 g/mol. The van der Waals surface area contributed by atoms with Gasteiger partial charge in [-0.3, -0.25) is 13.9 Å². The second-order valence-electron chi connectivity index (χ2n) is 9.40. The fraction of sp³-hybridized carbons (Fsp3) is 0.481. The van der Waals surface area contributed by atoms with Gasteiger partial charge in [-0.1, -0.05) is 44.2 Å². The lowest BCUT2D eigenvalue weighted by molar-refractivity contribution is -0.140. The van der Waals surface area contributed by atoms with Crippen molar-refractivity contribution in [2.45, 2.75) is 53.1 Å². The van der Waals surface area contributed by atoms with Crippen molar-refractivity contribution in [2.24, 2.45) is 5.92 Å². The van der Waals surface area contributed by atoms with Crippen molar-refractivity contribution in [1.29, 1.82) is 0 Å². The summed E-state index contributed by atoms with van der Waals surface area (Å²) < 4.78 is 31.5. The number of benzene rings is 2. The molecule has 2 amide bonds. The Morgan fingerprint density at radius 2 is 1.75 bits per heavy atom. The maximum Gasteiger partial charge on any atom is 0.242 e. The van der Waals surface area contributed by atoms with E-state index in [4.69, 9.17) is 4.74 Å². The number of carbonyl (C=O) groups excluding carboxylic acids is 2. The molecule has 0 saturated heterocycles. The van der Waals surface area contributed by atoms with Crippen molar-refractivity contribution in [3.63, 3.8) is 0 Å². The lowest BCUT2D eigenvalue weighted by Gasteiger charge is -2.30. The highest BCUT2D eigenvalue weighted by Crippen LogP contribution is 2.24. The number of nitrogens with zero attached hydrogens (tertiary/aromatic N) is 2. The molecule has 0 radical (unpaired) electrons. The third kappa shape index (κ3) is 8.55. The number of anilines is 1. The molecule has 0 heterocycles. The molecule has 0 aliphatic heterocycles. The van der Waals surface area contributed by atoms with Crippen LogP contribution in [0.2, 0.25) is 0 Å². The lowest BCUT2D eigenvalue weighted by Crippen LogP contribution is -2.48. The minimum atomic E-state index is -3.57. The molecule has 2 aromatic carbocycles. The summed E-state index contributed by atoms with van der Waals surface area (Å²) in [6.45, 7) is 8.68. The molecule has 1 atom stereocenters. The summed E-state index contributed by atoms with van der Waals surface area (Å²) in [5, 5.41) is 2.91. The third-order valence-electron chi connectivity index (χ3n) is 5.95. The first-order valence-corrected chi connectivity index (χ1v) is 14.0. The molecular weight excluding hydrogens is 478 g/mol. The molecule has 0 aromatic heterocycles. The molecule has 8 nitrogen and oxygen atoms in total. The molecule has 0 saturated carbocycles. The zero-order valence-electron chi connectivity index (χ0n) is 22.2. The van der Waals surface area contributed by atoms with Crippen LogP contribution in [-0.4, -0.2) is 57.6 Å². The van der Waals surface area contributed by atoms with Crippen LogP contribution in [0.15, 0.2) is 48.5 Å². The number of rotatable bonds is 13. The molecule has 2 aromatic rings. The molecule has 0 unspecified atom stereocenters. The van der Waals surface area contributed by atoms with E-state index in [2.05, 4.69) is 5.32 Å². The van der Waals surface area contributed by atoms with Crippen molar-refractivity contribution in [3.8, 4) is 5.75 Å². The van der Waals surface area contributed by atoms with E-state index < -0.39 is 16.1 Å². The van der Waals surface area contributed by atoms with Crippen LogP contribution < -0.4 is 14.4 Å². The van der Waals surface area contributed by atoms with Crippen molar-refractivity contribution in [1.82, 2.24) is 10.2 Å². The normalized spacial score (nSPS) is 12.2. The fourth-order valence-electron chi connectivity index (χ4n) is 3.78. The van der Waals surface area contributed by atoms with Gasteiger partial charge in [-0.25, -0.2) is 8.42 Å². The molecule has 9 heteroatoms. The predicted molar refractivity (Wildman–Crippen MR) is 143 cm³/mol. The molecule has 36 heavy (non-hydrogen) atoms. The van der Waals surface area contributed by atoms with Crippen LogP contribution in [0.1, 0.15) is 44.7 Å². The topological polar surface area (TPSA) is 96.0 Å². The summed E-state index contributed by atoms with van der Waals surface area (Å²) >= 11 is 0. The Hall–Kier alpha value is -3.07. The van der Waals surface area contributed by atoms with Gasteiger partial charge in [0.15, 0.2) is 0 Å². The average Bonchev–Trinajstić information content (AvgIpc) is 2.83. The van der Waals surface area contributed by atoms with Gasteiger partial charge in [0.2, 0.25) is 21.8 Å². The SMILES string of the molecule is COc1cccc(N(CCCC(=O)N(Cc2ccccc2C)[C@H](C)C(=O)NCC(C)C)S(C)(=O)=O)c1. The molecule has 198 valence electrons. The summed E-state index contributed by atoms with van der Waals surface area (Å²) in [4.78, 5) is 27.8. The van der Waals surface area contributed by atoms with Crippen LogP contribution in [0, 0.1) is 12.8 Å². The van der Waals surface area contributed by atoms with Crippen LogP contribution in [-0.2, 0) is 26.2 Å². The standard InChI is InChI=1S/C27H39N3O5S/c1-20(2)18-28-27(32)22(4)29(19-23-12-8-7-11-21(23)3)26(31)15-10-16-30(36(6,33)34)24-13-9-14-25(17-24)35-5/h7-9,11-14,17,20,22H,10,15-16,18-19H2,1-6H3,(H,28,32)/t22-/m1/s1. The number of sulfonamides is 1. The number of methoxy groups -OCH3 is 1. The zero-order valence-corrected chi connectivity index (χ0v) is 23.0. The van der Waals surface area contributed by atoms with Gasteiger partial charge >= 0.3 is 0 Å². The molecule has 0 aliphatic carbocycles. The number of aryl methyl sites for hydroxylation is 1.